The lowest BCUT2D eigenvalue weighted by atomic mass is 9.92. The van der Waals surface area contributed by atoms with E-state index in [1.165, 1.54) is 0 Å². The number of alkyl halides is 14. The van der Waals surface area contributed by atoms with E-state index in [0.29, 0.717) is 0 Å². The largest absolute Gasteiger partial charge is 0.460 e. The number of hydrogen-bond acceptors (Lipinski definition) is 0. The van der Waals surface area contributed by atoms with E-state index in [0.717, 1.165) is 0 Å². The summed E-state index contributed by atoms with van der Waals surface area (Å²) in [4.78, 5) is 0. The Morgan fingerprint density at radius 2 is 0.870 bits per heavy atom. The van der Waals surface area contributed by atoms with Crippen molar-refractivity contribution in [1.29, 1.82) is 0 Å². The SMILES string of the molecule is CC(F)CC(F)(F)C(F)(F)C(F)(F)C(F)(F)C(F)(F)C(F)(F)F. The van der Waals surface area contributed by atoms with E-state index in [4.69, 9.17) is 0 Å². The third-order valence-electron chi connectivity index (χ3n) is 2.54. The zero-order valence-corrected chi connectivity index (χ0v) is 10.6. The van der Waals surface area contributed by atoms with Gasteiger partial charge in [0.05, 0.1) is 0 Å². The molecule has 0 N–H and O–H groups in total. The van der Waals surface area contributed by atoms with Crippen molar-refractivity contribution in [3.8, 4) is 0 Å². The van der Waals surface area contributed by atoms with Gasteiger partial charge in [-0.3, -0.25) is 0 Å². The molecule has 1 unspecified atom stereocenters. The van der Waals surface area contributed by atoms with Gasteiger partial charge in [-0.25, -0.2) is 4.39 Å². The molecule has 0 aromatic carbocycles. The molecule has 14 heteroatoms. The molecular formula is C9H6F14. The molecule has 0 spiro atoms. The molecule has 140 valence electrons. The highest BCUT2D eigenvalue weighted by Gasteiger charge is 2.90. The molecule has 0 nitrogen and oxygen atoms in total. The highest BCUT2D eigenvalue weighted by molar-refractivity contribution is 5.10. The molecule has 0 aliphatic carbocycles. The van der Waals surface area contributed by atoms with Crippen molar-refractivity contribution in [1.82, 2.24) is 0 Å². The average Bonchev–Trinajstić information content (AvgIpc) is 2.24. The highest BCUT2D eigenvalue weighted by Crippen LogP contribution is 2.60. The summed E-state index contributed by atoms with van der Waals surface area (Å²) in [6.45, 7) is 0.116. The predicted octanol–water partition coefficient (Wildman–Crippen LogP) is 5.47. The molecule has 23 heavy (non-hydrogen) atoms. The van der Waals surface area contributed by atoms with Crippen LogP contribution in [0.3, 0.4) is 0 Å². The van der Waals surface area contributed by atoms with Crippen LogP contribution in [0.25, 0.3) is 0 Å². The Hall–Kier alpha value is -0.980. The van der Waals surface area contributed by atoms with Gasteiger partial charge in [0.15, 0.2) is 0 Å². The molecule has 0 saturated heterocycles. The van der Waals surface area contributed by atoms with Gasteiger partial charge in [0.2, 0.25) is 0 Å². The topological polar surface area (TPSA) is 0 Å². The van der Waals surface area contributed by atoms with Gasteiger partial charge >= 0.3 is 35.8 Å². The standard InChI is InChI=1S/C9H6F14/c1-3(10)2-4(11,12)5(13,14)6(15,16)7(17,18)8(19,20)9(21,22)23/h3H,2H2,1H3. The van der Waals surface area contributed by atoms with Crippen LogP contribution in [0.2, 0.25) is 0 Å². The van der Waals surface area contributed by atoms with E-state index in [1.54, 1.807) is 0 Å². The van der Waals surface area contributed by atoms with E-state index in [9.17, 15) is 61.5 Å². The van der Waals surface area contributed by atoms with Crippen molar-refractivity contribution in [2.24, 2.45) is 0 Å². The summed E-state index contributed by atoms with van der Waals surface area (Å²) in [5.41, 5.74) is 0. The van der Waals surface area contributed by atoms with Crippen LogP contribution in [0.15, 0.2) is 0 Å². The first-order valence-electron chi connectivity index (χ1n) is 5.26. The third kappa shape index (κ3) is 3.16. The fraction of sp³-hybridized carbons (Fsp3) is 1.00. The molecule has 1 atom stereocenters. The van der Waals surface area contributed by atoms with Crippen LogP contribution in [-0.4, -0.2) is 42.0 Å². The molecular weight excluding hydrogens is 374 g/mol. The lowest BCUT2D eigenvalue weighted by Crippen LogP contribution is -2.70. The van der Waals surface area contributed by atoms with E-state index >= 15 is 0 Å². The van der Waals surface area contributed by atoms with Crippen LogP contribution in [0, 0.1) is 0 Å². The lowest BCUT2D eigenvalue weighted by Gasteiger charge is -2.39. The van der Waals surface area contributed by atoms with Crippen molar-refractivity contribution in [2.45, 2.75) is 55.3 Å². The van der Waals surface area contributed by atoms with Crippen LogP contribution >= 0.6 is 0 Å². The molecule has 0 aromatic heterocycles. The molecule has 0 aromatic rings. The fourth-order valence-electron chi connectivity index (χ4n) is 1.28. The Morgan fingerprint density at radius 1 is 0.565 bits per heavy atom. The van der Waals surface area contributed by atoms with E-state index in [-0.39, 0.29) is 6.92 Å². The summed E-state index contributed by atoms with van der Waals surface area (Å²) in [5, 5.41) is 0. The first-order valence-corrected chi connectivity index (χ1v) is 5.26. The Balaban J connectivity index is 6.14. The summed E-state index contributed by atoms with van der Waals surface area (Å²) >= 11 is 0. The smallest absolute Gasteiger partial charge is 0.248 e. The number of rotatable bonds is 6. The first-order chi connectivity index (χ1) is 9.67. The van der Waals surface area contributed by atoms with Gasteiger partial charge < -0.3 is 0 Å². The minimum absolute atomic E-state index is 0.116. The molecule has 0 aliphatic rings. The van der Waals surface area contributed by atoms with Gasteiger partial charge in [0, 0.05) is 6.42 Å². The van der Waals surface area contributed by atoms with Crippen LogP contribution in [0.4, 0.5) is 61.5 Å². The van der Waals surface area contributed by atoms with Gasteiger partial charge in [-0.15, -0.1) is 0 Å². The van der Waals surface area contributed by atoms with E-state index in [2.05, 4.69) is 0 Å². The van der Waals surface area contributed by atoms with Crippen LogP contribution in [-0.2, 0) is 0 Å². The maximum Gasteiger partial charge on any atom is 0.460 e. The third-order valence-corrected chi connectivity index (χ3v) is 2.54. The van der Waals surface area contributed by atoms with Crippen LogP contribution in [0.1, 0.15) is 13.3 Å². The quantitative estimate of drug-likeness (QED) is 0.536. The second kappa shape index (κ2) is 5.53. The predicted molar refractivity (Wildman–Crippen MR) is 46.0 cm³/mol. The summed E-state index contributed by atoms with van der Waals surface area (Å²) in [6, 6.07) is 0. The minimum Gasteiger partial charge on any atom is -0.248 e. The van der Waals surface area contributed by atoms with Gasteiger partial charge in [0.25, 0.3) is 0 Å². The molecule has 0 fully saturated rings. The van der Waals surface area contributed by atoms with Crippen molar-refractivity contribution in [3.05, 3.63) is 0 Å². The van der Waals surface area contributed by atoms with Crippen molar-refractivity contribution < 1.29 is 61.5 Å². The molecule has 0 rings (SSSR count). The monoisotopic (exact) mass is 380 g/mol. The Labute approximate surface area is 118 Å². The number of halogens is 14. The summed E-state index contributed by atoms with van der Waals surface area (Å²) < 4.78 is 175. The molecule has 0 bridgehead atoms. The molecule has 0 heterocycles. The molecule has 0 radical (unpaired) electrons. The Bertz CT molecular complexity index is 416. The normalized spacial score (nSPS) is 17.3. The van der Waals surface area contributed by atoms with Gasteiger partial charge in [-0.1, -0.05) is 0 Å². The zero-order valence-electron chi connectivity index (χ0n) is 10.6. The maximum absolute atomic E-state index is 12.9. The molecule has 0 amide bonds. The van der Waals surface area contributed by atoms with Gasteiger partial charge in [-0.05, 0) is 6.92 Å². The van der Waals surface area contributed by atoms with Crippen molar-refractivity contribution in [3.63, 3.8) is 0 Å². The van der Waals surface area contributed by atoms with Crippen molar-refractivity contribution in [2.75, 3.05) is 0 Å². The Kier molecular flexibility index (Phi) is 5.30. The summed E-state index contributed by atoms with van der Waals surface area (Å²) in [7, 11) is 0. The lowest BCUT2D eigenvalue weighted by molar-refractivity contribution is -0.440. The minimum atomic E-state index is -7.94. The fourth-order valence-corrected chi connectivity index (χ4v) is 1.28. The zero-order chi connectivity index (χ0) is 19.3. The maximum atomic E-state index is 12.9. The van der Waals surface area contributed by atoms with Crippen LogP contribution < -0.4 is 0 Å². The van der Waals surface area contributed by atoms with Crippen molar-refractivity contribution >= 4 is 0 Å². The Morgan fingerprint density at radius 3 is 1.13 bits per heavy atom. The second-order valence-electron chi connectivity index (χ2n) is 4.48. The van der Waals surface area contributed by atoms with Gasteiger partial charge in [-0.2, -0.15) is 57.1 Å². The van der Waals surface area contributed by atoms with Crippen LogP contribution in [0.5, 0.6) is 0 Å². The highest BCUT2D eigenvalue weighted by atomic mass is 19.4. The molecule has 0 aliphatic heterocycles. The van der Waals surface area contributed by atoms with Gasteiger partial charge in [0.1, 0.15) is 6.17 Å². The number of hydrogen-bond donors (Lipinski definition) is 0. The van der Waals surface area contributed by atoms with E-state index in [1.807, 2.05) is 0 Å². The molecule has 0 saturated carbocycles. The summed E-state index contributed by atoms with van der Waals surface area (Å²) in [5.74, 6) is -37.3. The average molecular weight is 380 g/mol. The second-order valence-corrected chi connectivity index (χ2v) is 4.48. The first kappa shape index (κ1) is 22.0. The van der Waals surface area contributed by atoms with E-state index < -0.39 is 48.4 Å². The summed E-state index contributed by atoms with van der Waals surface area (Å²) in [6.07, 6.45) is -13.2.